The molecule has 1 saturated heterocycles. The molecule has 0 saturated carbocycles. The number of amides is 1. The first kappa shape index (κ1) is 25.5. The topological polar surface area (TPSA) is 124 Å². The third-order valence-electron chi connectivity index (χ3n) is 6.51. The zero-order valence-corrected chi connectivity index (χ0v) is 20.7. The number of carbonyl (C=O) groups excluding carboxylic acids is 1. The van der Waals surface area contributed by atoms with Crippen LogP contribution < -0.4 is 15.8 Å². The summed E-state index contributed by atoms with van der Waals surface area (Å²) in [5.41, 5.74) is 5.90. The Labute approximate surface area is 217 Å². The maximum Gasteiger partial charge on any atom is 0.247 e. The van der Waals surface area contributed by atoms with Crippen LogP contribution in [0.3, 0.4) is 0 Å². The number of anilines is 2. The maximum atomic E-state index is 14.4. The molecule has 12 heteroatoms. The summed E-state index contributed by atoms with van der Waals surface area (Å²) < 4.78 is 35.1. The van der Waals surface area contributed by atoms with Crippen molar-refractivity contribution in [3.8, 4) is 5.75 Å². The predicted octanol–water partition coefficient (Wildman–Crippen LogP) is 3.57. The first-order chi connectivity index (χ1) is 18.5. The average Bonchev–Trinajstić information content (AvgIpc) is 3.37. The van der Waals surface area contributed by atoms with Gasteiger partial charge in [0.2, 0.25) is 5.91 Å². The molecular weight excluding hydrogens is 494 g/mol. The van der Waals surface area contributed by atoms with Crippen molar-refractivity contribution in [2.24, 2.45) is 5.73 Å². The lowest BCUT2D eigenvalue weighted by atomic mass is 10.1. The molecule has 1 amide bonds. The van der Waals surface area contributed by atoms with Crippen LogP contribution in [0.25, 0.3) is 10.9 Å². The SMILES string of the molecule is NC(=O)C(c1cccc(F)c1F)n1cc(Nc2ncnc3cc(OCCCN4CCCCC4)ccc23)nn1. The van der Waals surface area contributed by atoms with E-state index >= 15 is 0 Å². The average molecular weight is 523 g/mol. The molecule has 10 nitrogen and oxygen atoms in total. The Morgan fingerprint density at radius 2 is 1.97 bits per heavy atom. The third-order valence-corrected chi connectivity index (χ3v) is 6.51. The standard InChI is InChI=1S/C26H28F2N8O2/c27-20-7-4-6-19(23(20)28)24(25(29)37)36-15-22(33-34-36)32-26-18-9-8-17(14-21(18)30-16-31-26)38-13-5-12-35-10-2-1-3-11-35/h4,6-9,14-16,24H,1-3,5,10-13H2,(H2,29,37)(H,30,31,32). The smallest absolute Gasteiger partial charge is 0.247 e. The Hall–Kier alpha value is -4.19. The second-order valence-corrected chi connectivity index (χ2v) is 9.16. The molecule has 0 bridgehead atoms. The number of aromatic nitrogens is 5. The fourth-order valence-corrected chi connectivity index (χ4v) is 4.63. The number of nitrogens with two attached hydrogens (primary N) is 1. The Balaban J connectivity index is 1.27. The van der Waals surface area contributed by atoms with Gasteiger partial charge in [-0.3, -0.25) is 4.79 Å². The van der Waals surface area contributed by atoms with Gasteiger partial charge in [-0.2, -0.15) is 0 Å². The van der Waals surface area contributed by atoms with Crippen LogP contribution in [-0.4, -0.2) is 62.0 Å². The molecule has 198 valence electrons. The number of nitrogens with one attached hydrogen (secondary N) is 1. The fourth-order valence-electron chi connectivity index (χ4n) is 4.63. The second kappa shape index (κ2) is 11.5. The summed E-state index contributed by atoms with van der Waals surface area (Å²) in [6, 6.07) is 7.67. The molecule has 3 heterocycles. The molecule has 4 aromatic rings. The van der Waals surface area contributed by atoms with Crippen molar-refractivity contribution in [1.82, 2.24) is 29.9 Å². The lowest BCUT2D eigenvalue weighted by Crippen LogP contribution is -2.31. The second-order valence-electron chi connectivity index (χ2n) is 9.16. The largest absolute Gasteiger partial charge is 0.493 e. The van der Waals surface area contributed by atoms with Gasteiger partial charge in [0.25, 0.3) is 0 Å². The third kappa shape index (κ3) is 5.70. The Bertz CT molecular complexity index is 1420. The number of piperidine rings is 1. The van der Waals surface area contributed by atoms with E-state index < -0.39 is 23.6 Å². The lowest BCUT2D eigenvalue weighted by molar-refractivity contribution is -0.120. The van der Waals surface area contributed by atoms with Gasteiger partial charge in [-0.05, 0) is 50.6 Å². The van der Waals surface area contributed by atoms with Crippen molar-refractivity contribution in [2.45, 2.75) is 31.7 Å². The van der Waals surface area contributed by atoms with E-state index in [0.717, 1.165) is 23.7 Å². The van der Waals surface area contributed by atoms with Gasteiger partial charge in [0.05, 0.1) is 18.3 Å². The Morgan fingerprint density at radius 3 is 2.79 bits per heavy atom. The van der Waals surface area contributed by atoms with E-state index in [0.29, 0.717) is 29.1 Å². The zero-order chi connectivity index (χ0) is 26.5. The van der Waals surface area contributed by atoms with Crippen LogP contribution >= 0.6 is 0 Å². The van der Waals surface area contributed by atoms with Gasteiger partial charge in [0.15, 0.2) is 23.5 Å². The highest BCUT2D eigenvalue weighted by atomic mass is 19.2. The number of rotatable bonds is 10. The monoisotopic (exact) mass is 522 g/mol. The molecule has 0 aliphatic carbocycles. The molecule has 2 aromatic heterocycles. The number of primary amides is 1. The number of nitrogens with zero attached hydrogens (tertiary/aromatic N) is 6. The highest BCUT2D eigenvalue weighted by Gasteiger charge is 2.26. The van der Waals surface area contributed by atoms with E-state index in [1.54, 1.807) is 0 Å². The van der Waals surface area contributed by atoms with E-state index in [2.05, 4.69) is 30.5 Å². The summed E-state index contributed by atoms with van der Waals surface area (Å²) >= 11 is 0. The first-order valence-corrected chi connectivity index (χ1v) is 12.5. The van der Waals surface area contributed by atoms with Crippen LogP contribution in [-0.2, 0) is 4.79 Å². The highest BCUT2D eigenvalue weighted by Crippen LogP contribution is 2.27. The van der Waals surface area contributed by atoms with Crippen molar-refractivity contribution in [3.63, 3.8) is 0 Å². The molecule has 1 aliphatic rings. The maximum absolute atomic E-state index is 14.4. The summed E-state index contributed by atoms with van der Waals surface area (Å²) in [6.45, 7) is 3.99. The van der Waals surface area contributed by atoms with Crippen LogP contribution in [0.4, 0.5) is 20.4 Å². The van der Waals surface area contributed by atoms with Gasteiger partial charge in [0.1, 0.15) is 17.9 Å². The van der Waals surface area contributed by atoms with Crippen molar-refractivity contribution < 1.29 is 18.3 Å². The van der Waals surface area contributed by atoms with Gasteiger partial charge in [-0.15, -0.1) is 5.10 Å². The van der Waals surface area contributed by atoms with Gasteiger partial charge in [0, 0.05) is 23.6 Å². The van der Waals surface area contributed by atoms with Crippen LogP contribution in [0.15, 0.2) is 48.9 Å². The molecule has 0 spiro atoms. The summed E-state index contributed by atoms with van der Waals surface area (Å²) in [4.78, 5) is 23.2. The molecule has 1 unspecified atom stereocenters. The van der Waals surface area contributed by atoms with Crippen molar-refractivity contribution in [2.75, 3.05) is 31.6 Å². The normalized spacial score (nSPS) is 14.9. The quantitative estimate of drug-likeness (QED) is 0.303. The lowest BCUT2D eigenvalue weighted by Gasteiger charge is -2.26. The van der Waals surface area contributed by atoms with Crippen molar-refractivity contribution in [1.29, 1.82) is 0 Å². The van der Waals surface area contributed by atoms with E-state index in [4.69, 9.17) is 10.5 Å². The molecule has 1 atom stereocenters. The van der Waals surface area contributed by atoms with Crippen LogP contribution in [0.2, 0.25) is 0 Å². The summed E-state index contributed by atoms with van der Waals surface area (Å²) in [7, 11) is 0. The van der Waals surface area contributed by atoms with Crippen molar-refractivity contribution in [3.05, 3.63) is 66.1 Å². The van der Waals surface area contributed by atoms with Crippen LogP contribution in [0.5, 0.6) is 5.75 Å². The van der Waals surface area contributed by atoms with Gasteiger partial charge in [-0.1, -0.05) is 23.8 Å². The summed E-state index contributed by atoms with van der Waals surface area (Å²) in [5, 5.41) is 11.6. The highest BCUT2D eigenvalue weighted by molar-refractivity contribution is 5.91. The zero-order valence-electron chi connectivity index (χ0n) is 20.7. The molecule has 38 heavy (non-hydrogen) atoms. The van der Waals surface area contributed by atoms with Gasteiger partial charge >= 0.3 is 0 Å². The van der Waals surface area contributed by atoms with Crippen LogP contribution in [0, 0.1) is 11.6 Å². The van der Waals surface area contributed by atoms with E-state index in [-0.39, 0.29) is 11.4 Å². The number of likely N-dealkylation sites (tertiary alicyclic amines) is 1. The Kier molecular flexibility index (Phi) is 7.68. The minimum atomic E-state index is -1.38. The fraction of sp³-hybridized carbons (Fsp3) is 0.346. The van der Waals surface area contributed by atoms with E-state index in [1.807, 2.05) is 18.2 Å². The first-order valence-electron chi connectivity index (χ1n) is 12.5. The molecule has 3 N–H and O–H groups in total. The minimum Gasteiger partial charge on any atom is -0.493 e. The van der Waals surface area contributed by atoms with E-state index in [9.17, 15) is 13.6 Å². The molecule has 5 rings (SSSR count). The number of benzene rings is 2. The number of fused-ring (bicyclic) bond motifs is 1. The number of ether oxygens (including phenoxy) is 1. The number of carbonyl (C=O) groups is 1. The number of hydrogen-bond acceptors (Lipinski definition) is 8. The minimum absolute atomic E-state index is 0.228. The Morgan fingerprint density at radius 1 is 1.13 bits per heavy atom. The number of hydrogen-bond donors (Lipinski definition) is 2. The molecular formula is C26H28F2N8O2. The number of halogens is 2. The summed E-state index contributed by atoms with van der Waals surface area (Å²) in [5.74, 6) is -1.79. The molecule has 1 fully saturated rings. The predicted molar refractivity (Wildman–Crippen MR) is 137 cm³/mol. The van der Waals surface area contributed by atoms with Gasteiger partial charge < -0.3 is 20.7 Å². The summed E-state index contributed by atoms with van der Waals surface area (Å²) in [6.07, 6.45) is 7.60. The molecule has 2 aromatic carbocycles. The van der Waals surface area contributed by atoms with Crippen molar-refractivity contribution >= 4 is 28.4 Å². The van der Waals surface area contributed by atoms with Crippen LogP contribution in [0.1, 0.15) is 37.3 Å². The van der Waals surface area contributed by atoms with Gasteiger partial charge in [-0.25, -0.2) is 23.4 Å². The molecule has 1 aliphatic heterocycles. The molecule has 0 radical (unpaired) electrons. The van der Waals surface area contributed by atoms with E-state index in [1.165, 1.54) is 57.0 Å².